The lowest BCUT2D eigenvalue weighted by Gasteiger charge is -2.19. The Balaban J connectivity index is 1.95. The number of fused-ring (bicyclic) bond motifs is 2. The van der Waals surface area contributed by atoms with Gasteiger partial charge in [0.05, 0.1) is 37.6 Å². The second-order valence-corrected chi connectivity index (χ2v) is 7.01. The molecule has 0 unspecified atom stereocenters. The summed E-state index contributed by atoms with van der Waals surface area (Å²) in [6.07, 6.45) is 0. The standard InChI is InChI=1S/C24H23NO6/c1-25-17-11-10-15(31-13-14-8-6-5-7-9-14)12-16(17)20(26)18-19(25)22(28-2)24(30-4)23(29-3)21(18)27/h5-12,27H,13H2,1-4H3. The molecular weight excluding hydrogens is 398 g/mol. The molecule has 160 valence electrons. The maximum atomic E-state index is 13.4. The summed E-state index contributed by atoms with van der Waals surface area (Å²) < 4.78 is 23.9. The van der Waals surface area contributed by atoms with Crippen molar-refractivity contribution in [3.63, 3.8) is 0 Å². The first-order chi connectivity index (χ1) is 15.0. The minimum atomic E-state index is -0.356. The summed E-state index contributed by atoms with van der Waals surface area (Å²) in [4.78, 5) is 13.4. The third kappa shape index (κ3) is 3.28. The van der Waals surface area contributed by atoms with Crippen LogP contribution >= 0.6 is 0 Å². The van der Waals surface area contributed by atoms with E-state index in [0.29, 0.717) is 34.5 Å². The molecule has 0 spiro atoms. The first-order valence-corrected chi connectivity index (χ1v) is 9.65. The third-order valence-electron chi connectivity index (χ3n) is 5.31. The van der Waals surface area contributed by atoms with Gasteiger partial charge in [-0.2, -0.15) is 0 Å². The number of hydrogen-bond acceptors (Lipinski definition) is 6. The second kappa shape index (κ2) is 8.10. The molecule has 0 atom stereocenters. The summed E-state index contributed by atoms with van der Waals surface area (Å²) in [6, 6.07) is 15.1. The second-order valence-electron chi connectivity index (χ2n) is 7.01. The van der Waals surface area contributed by atoms with Crippen molar-refractivity contribution >= 4 is 21.8 Å². The fourth-order valence-corrected chi connectivity index (χ4v) is 3.83. The van der Waals surface area contributed by atoms with Crippen molar-refractivity contribution in [2.24, 2.45) is 7.05 Å². The van der Waals surface area contributed by atoms with Crippen LogP contribution < -0.4 is 24.4 Å². The van der Waals surface area contributed by atoms with Gasteiger partial charge in [-0.05, 0) is 23.8 Å². The number of phenols is 1. The first-order valence-electron chi connectivity index (χ1n) is 9.65. The molecule has 1 heterocycles. The fraction of sp³-hybridized carbons (Fsp3) is 0.208. The minimum Gasteiger partial charge on any atom is -0.504 e. The maximum absolute atomic E-state index is 13.4. The molecular formula is C24H23NO6. The molecule has 7 nitrogen and oxygen atoms in total. The Bertz CT molecular complexity index is 1330. The summed E-state index contributed by atoms with van der Waals surface area (Å²) in [6.45, 7) is 0.379. The Morgan fingerprint density at radius 1 is 0.903 bits per heavy atom. The number of aromatic hydroxyl groups is 1. The number of rotatable bonds is 6. The predicted octanol–water partition coefficient (Wildman–Crippen LogP) is 4.00. The predicted molar refractivity (Wildman–Crippen MR) is 119 cm³/mol. The zero-order chi connectivity index (χ0) is 22.1. The fourth-order valence-electron chi connectivity index (χ4n) is 3.83. The molecule has 7 heteroatoms. The number of hydrogen-bond donors (Lipinski definition) is 1. The lowest BCUT2D eigenvalue weighted by molar-refractivity contribution is 0.306. The molecule has 4 rings (SSSR count). The van der Waals surface area contributed by atoms with Crippen LogP contribution in [0.25, 0.3) is 21.8 Å². The van der Waals surface area contributed by atoms with E-state index in [1.54, 1.807) is 17.7 Å². The van der Waals surface area contributed by atoms with Crippen LogP contribution in [-0.4, -0.2) is 31.0 Å². The van der Waals surface area contributed by atoms with Gasteiger partial charge in [0.25, 0.3) is 0 Å². The number of aromatic nitrogens is 1. The minimum absolute atomic E-state index is 0.0415. The van der Waals surface area contributed by atoms with Crippen LogP contribution in [0, 0.1) is 0 Å². The average molecular weight is 421 g/mol. The molecule has 0 aliphatic heterocycles. The van der Waals surface area contributed by atoms with Crippen LogP contribution in [0.4, 0.5) is 0 Å². The van der Waals surface area contributed by atoms with Gasteiger partial charge in [0.15, 0.2) is 11.5 Å². The number of nitrogens with zero attached hydrogens (tertiary/aromatic N) is 1. The van der Waals surface area contributed by atoms with Gasteiger partial charge in [-0.25, -0.2) is 0 Å². The van der Waals surface area contributed by atoms with E-state index in [1.807, 2.05) is 42.5 Å². The van der Waals surface area contributed by atoms with Crippen molar-refractivity contribution < 1.29 is 24.1 Å². The molecule has 0 bridgehead atoms. The smallest absolute Gasteiger partial charge is 0.209 e. The number of phenolic OH excluding ortho intramolecular Hbond substituents is 1. The Hall–Kier alpha value is -3.87. The normalized spacial score (nSPS) is 11.0. The summed E-state index contributed by atoms with van der Waals surface area (Å²) in [5.74, 6) is 0.818. The summed E-state index contributed by atoms with van der Waals surface area (Å²) in [7, 11) is 6.11. The summed E-state index contributed by atoms with van der Waals surface area (Å²) in [5.41, 5.74) is 1.74. The van der Waals surface area contributed by atoms with Crippen molar-refractivity contribution in [2.45, 2.75) is 6.61 Å². The Kier molecular flexibility index (Phi) is 5.33. The van der Waals surface area contributed by atoms with Crippen LogP contribution in [0.5, 0.6) is 28.7 Å². The molecule has 1 N–H and O–H groups in total. The lowest BCUT2D eigenvalue weighted by Crippen LogP contribution is -2.12. The van der Waals surface area contributed by atoms with Gasteiger partial charge in [0.2, 0.25) is 16.9 Å². The van der Waals surface area contributed by atoms with Gasteiger partial charge >= 0.3 is 0 Å². The molecule has 0 aliphatic rings. The lowest BCUT2D eigenvalue weighted by atomic mass is 10.1. The van der Waals surface area contributed by atoms with E-state index >= 15 is 0 Å². The first kappa shape index (κ1) is 20.4. The van der Waals surface area contributed by atoms with Crippen molar-refractivity contribution in [2.75, 3.05) is 21.3 Å². The SMILES string of the molecule is COc1c(OC)c(OC)c2c(c1O)c(=O)c1cc(OCc3ccccc3)ccc1n2C. The van der Waals surface area contributed by atoms with E-state index < -0.39 is 0 Å². The maximum Gasteiger partial charge on any atom is 0.209 e. The van der Waals surface area contributed by atoms with Gasteiger partial charge in [-0.3, -0.25) is 4.79 Å². The molecule has 0 saturated heterocycles. The van der Waals surface area contributed by atoms with E-state index in [1.165, 1.54) is 21.3 Å². The zero-order valence-electron chi connectivity index (χ0n) is 17.8. The molecule has 0 radical (unpaired) electrons. The van der Waals surface area contributed by atoms with Crippen LogP contribution in [0.1, 0.15) is 5.56 Å². The van der Waals surface area contributed by atoms with Crippen LogP contribution in [0.3, 0.4) is 0 Å². The summed E-state index contributed by atoms with van der Waals surface area (Å²) in [5, 5.41) is 11.4. The van der Waals surface area contributed by atoms with Crippen molar-refractivity contribution in [1.82, 2.24) is 4.57 Å². The Labute approximate surface area is 179 Å². The van der Waals surface area contributed by atoms with Crippen LogP contribution in [0.15, 0.2) is 53.3 Å². The molecule has 0 fully saturated rings. The number of aryl methyl sites for hydroxylation is 1. The molecule has 31 heavy (non-hydrogen) atoms. The Morgan fingerprint density at radius 3 is 2.23 bits per heavy atom. The summed E-state index contributed by atoms with van der Waals surface area (Å²) >= 11 is 0. The highest BCUT2D eigenvalue weighted by molar-refractivity contribution is 6.02. The van der Waals surface area contributed by atoms with Gasteiger partial charge in [0.1, 0.15) is 17.9 Å². The number of ether oxygens (including phenoxy) is 4. The van der Waals surface area contributed by atoms with E-state index in [2.05, 4.69) is 0 Å². The van der Waals surface area contributed by atoms with Gasteiger partial charge in [0, 0.05) is 7.05 Å². The van der Waals surface area contributed by atoms with E-state index in [0.717, 1.165) is 5.56 Å². The molecule has 0 amide bonds. The van der Waals surface area contributed by atoms with Crippen molar-refractivity contribution in [3.05, 3.63) is 64.3 Å². The van der Waals surface area contributed by atoms with E-state index in [-0.39, 0.29) is 28.1 Å². The molecule has 4 aromatic rings. The van der Waals surface area contributed by atoms with E-state index in [9.17, 15) is 9.90 Å². The number of methoxy groups -OCH3 is 3. The van der Waals surface area contributed by atoms with Crippen LogP contribution in [-0.2, 0) is 13.7 Å². The molecule has 0 saturated carbocycles. The van der Waals surface area contributed by atoms with Crippen molar-refractivity contribution in [3.8, 4) is 28.7 Å². The monoisotopic (exact) mass is 421 g/mol. The Morgan fingerprint density at radius 2 is 1.58 bits per heavy atom. The van der Waals surface area contributed by atoms with Gasteiger partial charge in [-0.15, -0.1) is 0 Å². The third-order valence-corrected chi connectivity index (χ3v) is 5.31. The van der Waals surface area contributed by atoms with Crippen LogP contribution in [0.2, 0.25) is 0 Å². The van der Waals surface area contributed by atoms with Gasteiger partial charge < -0.3 is 28.6 Å². The quantitative estimate of drug-likeness (QED) is 0.474. The number of benzene rings is 3. The number of pyridine rings is 1. The zero-order valence-corrected chi connectivity index (χ0v) is 17.8. The molecule has 0 aliphatic carbocycles. The highest BCUT2D eigenvalue weighted by Crippen LogP contribution is 2.49. The average Bonchev–Trinajstić information content (AvgIpc) is 2.80. The molecule has 1 aromatic heterocycles. The highest BCUT2D eigenvalue weighted by Gasteiger charge is 2.26. The topological polar surface area (TPSA) is 79.2 Å². The van der Waals surface area contributed by atoms with Crippen molar-refractivity contribution in [1.29, 1.82) is 0 Å². The largest absolute Gasteiger partial charge is 0.504 e. The van der Waals surface area contributed by atoms with Gasteiger partial charge in [-0.1, -0.05) is 30.3 Å². The highest BCUT2D eigenvalue weighted by atomic mass is 16.5. The van der Waals surface area contributed by atoms with E-state index in [4.69, 9.17) is 18.9 Å². The molecule has 3 aromatic carbocycles.